The van der Waals surface area contributed by atoms with E-state index in [1.807, 2.05) is 30.3 Å². The van der Waals surface area contributed by atoms with Crippen molar-refractivity contribution in [3.8, 4) is 0 Å². The molecule has 0 amide bonds. The van der Waals surface area contributed by atoms with E-state index in [2.05, 4.69) is 12.2 Å². The lowest BCUT2D eigenvalue weighted by atomic mass is 9.98. The third-order valence-electron chi connectivity index (χ3n) is 5.96. The molecule has 1 aromatic carbocycles. The summed E-state index contributed by atoms with van der Waals surface area (Å²) in [5, 5.41) is 3.29. The van der Waals surface area contributed by atoms with Crippen molar-refractivity contribution >= 4 is 0 Å². The van der Waals surface area contributed by atoms with E-state index in [1.165, 1.54) is 0 Å². The second-order valence-corrected chi connectivity index (χ2v) is 8.61. The van der Waals surface area contributed by atoms with Gasteiger partial charge in [-0.1, -0.05) is 43.7 Å². The van der Waals surface area contributed by atoms with Crippen molar-refractivity contribution in [2.24, 2.45) is 0 Å². The highest BCUT2D eigenvalue weighted by molar-refractivity contribution is 5.13. The molecule has 3 rings (SSSR count). The maximum absolute atomic E-state index is 6.36. The van der Waals surface area contributed by atoms with Crippen LogP contribution >= 0.6 is 0 Å². The first kappa shape index (κ1) is 28.4. The highest BCUT2D eigenvalue weighted by Gasteiger charge is 2.48. The van der Waals surface area contributed by atoms with Crippen molar-refractivity contribution in [1.29, 1.82) is 0 Å². The monoisotopic (exact) mass is 497 g/mol. The molecule has 9 heteroatoms. The zero-order valence-electron chi connectivity index (χ0n) is 21.2. The van der Waals surface area contributed by atoms with Gasteiger partial charge in [-0.3, -0.25) is 0 Å². The molecular weight excluding hydrogens is 454 g/mol. The Hall–Kier alpha value is -1.14. The maximum atomic E-state index is 6.36. The Bertz CT molecular complexity index is 651. The van der Waals surface area contributed by atoms with Crippen LogP contribution in [-0.2, 0) is 44.5 Å². The zero-order chi connectivity index (χ0) is 24.6. The molecule has 0 saturated carbocycles. The summed E-state index contributed by atoms with van der Waals surface area (Å²) >= 11 is 0. The van der Waals surface area contributed by atoms with E-state index in [0.29, 0.717) is 59.5 Å². The Kier molecular flexibility index (Phi) is 14.1. The van der Waals surface area contributed by atoms with Gasteiger partial charge in [-0.05, 0) is 12.0 Å². The smallest absolute Gasteiger partial charge is 0.186 e. The maximum Gasteiger partial charge on any atom is 0.186 e. The number of methoxy groups -OCH3 is 1. The van der Waals surface area contributed by atoms with Gasteiger partial charge >= 0.3 is 0 Å². The standard InChI is InChI=1S/C26H43NO8/c1-3-4-12-31-20-22-23-24(33-18-16-30-14-11-27-10-13-29-15-17-32-23)25(26(28-2)35-22)34-19-21-8-6-5-7-9-21/h5-9,22-27H,3-4,10-20H2,1-2H3/t22-,23-,24+,25-,26+/m1/s1. The molecule has 0 unspecified atom stereocenters. The molecule has 35 heavy (non-hydrogen) atoms. The number of hydrogen-bond donors (Lipinski definition) is 1. The summed E-state index contributed by atoms with van der Waals surface area (Å²) in [6.45, 7) is 8.15. The van der Waals surface area contributed by atoms with E-state index in [-0.39, 0.29) is 6.10 Å². The number of hydrogen-bond acceptors (Lipinski definition) is 9. The molecule has 0 aromatic heterocycles. The molecule has 2 heterocycles. The van der Waals surface area contributed by atoms with Crippen molar-refractivity contribution in [2.75, 3.05) is 73.1 Å². The quantitative estimate of drug-likeness (QED) is 0.516. The molecule has 0 aliphatic carbocycles. The Morgan fingerprint density at radius 1 is 0.914 bits per heavy atom. The first-order chi connectivity index (χ1) is 17.3. The van der Waals surface area contributed by atoms with Gasteiger partial charge in [-0.25, -0.2) is 0 Å². The predicted octanol–water partition coefficient (Wildman–Crippen LogP) is 2.17. The van der Waals surface area contributed by atoms with Gasteiger partial charge in [0.15, 0.2) is 6.29 Å². The fraction of sp³-hybridized carbons (Fsp3) is 0.769. The van der Waals surface area contributed by atoms with Crippen LogP contribution in [0.3, 0.4) is 0 Å². The summed E-state index contributed by atoms with van der Waals surface area (Å²) in [6.07, 6.45) is -0.244. The third kappa shape index (κ3) is 10.0. The Balaban J connectivity index is 1.74. The van der Waals surface area contributed by atoms with E-state index in [9.17, 15) is 0 Å². The molecule has 0 bridgehead atoms. The molecule has 1 N–H and O–H groups in total. The molecule has 1 aromatic rings. The van der Waals surface area contributed by atoms with Gasteiger partial charge < -0.3 is 43.2 Å². The fourth-order valence-corrected chi connectivity index (χ4v) is 4.09. The van der Waals surface area contributed by atoms with Crippen LogP contribution in [-0.4, -0.2) is 104 Å². The number of rotatable bonds is 9. The van der Waals surface area contributed by atoms with E-state index in [0.717, 1.165) is 31.5 Å². The molecule has 2 aliphatic heterocycles. The Morgan fingerprint density at radius 2 is 1.63 bits per heavy atom. The number of ether oxygens (including phenoxy) is 8. The number of fused-ring (bicyclic) bond motifs is 1. The molecule has 0 spiro atoms. The number of benzene rings is 1. The van der Waals surface area contributed by atoms with Crippen LogP contribution in [0, 0.1) is 0 Å². The molecule has 0 radical (unpaired) electrons. The Morgan fingerprint density at radius 3 is 2.31 bits per heavy atom. The lowest BCUT2D eigenvalue weighted by molar-refractivity contribution is -0.321. The summed E-state index contributed by atoms with van der Waals surface area (Å²) in [4.78, 5) is 0. The van der Waals surface area contributed by atoms with Crippen LogP contribution in [0.25, 0.3) is 0 Å². The largest absolute Gasteiger partial charge is 0.379 e. The number of nitrogens with one attached hydrogen (secondary N) is 1. The van der Waals surface area contributed by atoms with Gasteiger partial charge in [0.25, 0.3) is 0 Å². The summed E-state index contributed by atoms with van der Waals surface area (Å²) in [5.74, 6) is 0. The van der Waals surface area contributed by atoms with Crippen molar-refractivity contribution in [1.82, 2.24) is 5.32 Å². The summed E-state index contributed by atoms with van der Waals surface area (Å²) in [6, 6.07) is 10.0. The minimum Gasteiger partial charge on any atom is -0.379 e. The summed E-state index contributed by atoms with van der Waals surface area (Å²) in [7, 11) is 1.62. The van der Waals surface area contributed by atoms with Gasteiger partial charge in [-0.15, -0.1) is 0 Å². The average molecular weight is 498 g/mol. The molecule has 9 nitrogen and oxygen atoms in total. The number of unbranched alkanes of at least 4 members (excludes halogenated alkanes) is 1. The Labute approximate surface area is 209 Å². The summed E-state index contributed by atoms with van der Waals surface area (Å²) in [5.41, 5.74) is 1.06. The van der Waals surface area contributed by atoms with Crippen molar-refractivity contribution in [3.05, 3.63) is 35.9 Å². The molecule has 200 valence electrons. The van der Waals surface area contributed by atoms with Gasteiger partial charge in [-0.2, -0.15) is 0 Å². The van der Waals surface area contributed by atoms with Crippen LogP contribution < -0.4 is 5.32 Å². The highest BCUT2D eigenvalue weighted by Crippen LogP contribution is 2.30. The SMILES string of the molecule is CCCCOC[C@H]1O[C@H](OC)[C@H](OCc2ccccc2)[C@H]2OCCOCCNCCOCCO[C@@H]21. The predicted molar refractivity (Wildman–Crippen MR) is 130 cm³/mol. The fourth-order valence-electron chi connectivity index (χ4n) is 4.09. The minimum absolute atomic E-state index is 0.364. The van der Waals surface area contributed by atoms with Crippen LogP contribution in [0.1, 0.15) is 25.3 Å². The topological polar surface area (TPSA) is 85.9 Å². The molecule has 5 atom stereocenters. The van der Waals surface area contributed by atoms with Gasteiger partial charge in [0.1, 0.15) is 24.4 Å². The van der Waals surface area contributed by atoms with E-state index in [1.54, 1.807) is 7.11 Å². The molecule has 2 saturated heterocycles. The van der Waals surface area contributed by atoms with E-state index >= 15 is 0 Å². The minimum atomic E-state index is -0.619. The van der Waals surface area contributed by atoms with E-state index < -0.39 is 24.6 Å². The van der Waals surface area contributed by atoms with Gasteiger partial charge in [0.05, 0.1) is 52.9 Å². The normalized spacial score (nSPS) is 29.6. The van der Waals surface area contributed by atoms with Crippen molar-refractivity contribution in [2.45, 2.75) is 57.1 Å². The van der Waals surface area contributed by atoms with Gasteiger partial charge in [0.2, 0.25) is 0 Å². The zero-order valence-corrected chi connectivity index (χ0v) is 21.2. The first-order valence-corrected chi connectivity index (χ1v) is 12.8. The van der Waals surface area contributed by atoms with Gasteiger partial charge in [0, 0.05) is 26.8 Å². The second kappa shape index (κ2) is 17.3. The van der Waals surface area contributed by atoms with Crippen LogP contribution in [0.4, 0.5) is 0 Å². The summed E-state index contributed by atoms with van der Waals surface area (Å²) < 4.78 is 48.4. The second-order valence-electron chi connectivity index (χ2n) is 8.61. The third-order valence-corrected chi connectivity index (χ3v) is 5.96. The lowest BCUT2D eigenvalue weighted by Gasteiger charge is -2.45. The van der Waals surface area contributed by atoms with Crippen molar-refractivity contribution in [3.63, 3.8) is 0 Å². The van der Waals surface area contributed by atoms with Crippen LogP contribution in [0.15, 0.2) is 30.3 Å². The van der Waals surface area contributed by atoms with E-state index in [4.69, 9.17) is 37.9 Å². The van der Waals surface area contributed by atoms with Crippen LogP contribution in [0.5, 0.6) is 0 Å². The molecular formula is C26H43NO8. The molecule has 2 fully saturated rings. The average Bonchev–Trinajstić information content (AvgIpc) is 2.90. The molecule has 2 aliphatic rings. The first-order valence-electron chi connectivity index (χ1n) is 12.8. The lowest BCUT2D eigenvalue weighted by Crippen LogP contribution is -2.62. The highest BCUT2D eigenvalue weighted by atomic mass is 16.7. The van der Waals surface area contributed by atoms with Crippen LogP contribution in [0.2, 0.25) is 0 Å². The van der Waals surface area contributed by atoms with Crippen molar-refractivity contribution < 1.29 is 37.9 Å².